The van der Waals surface area contributed by atoms with E-state index in [0.29, 0.717) is 6.61 Å². The van der Waals surface area contributed by atoms with Crippen molar-refractivity contribution in [2.75, 3.05) is 13.7 Å². The highest BCUT2D eigenvalue weighted by atomic mass is 16.6. The van der Waals surface area contributed by atoms with Crippen molar-refractivity contribution in [3.8, 4) is 0 Å². The first kappa shape index (κ1) is 11.9. The predicted molar refractivity (Wildman–Crippen MR) is 49.5 cm³/mol. The molecule has 0 unspecified atom stereocenters. The first-order valence-corrected chi connectivity index (χ1v) is 4.25. The van der Waals surface area contributed by atoms with Crippen LogP contribution in [0.3, 0.4) is 0 Å². The van der Waals surface area contributed by atoms with E-state index in [2.05, 4.69) is 0 Å². The van der Waals surface area contributed by atoms with Crippen molar-refractivity contribution in [1.82, 2.24) is 4.90 Å². The molecule has 0 aromatic heterocycles. The number of nitrogens with zero attached hydrogens (tertiary/aromatic N) is 1. The van der Waals surface area contributed by atoms with Crippen LogP contribution in [0.2, 0.25) is 0 Å². The third-order valence-electron chi connectivity index (χ3n) is 2.24. The lowest BCUT2D eigenvalue weighted by atomic mass is 9.99. The molecule has 0 aromatic carbocycles. The van der Waals surface area contributed by atoms with E-state index >= 15 is 0 Å². The number of ketones is 1. The molecular weight excluding hydrogens is 170 g/mol. The van der Waals surface area contributed by atoms with Crippen LogP contribution in [0.5, 0.6) is 0 Å². The molecule has 76 valence electrons. The lowest BCUT2D eigenvalue weighted by Crippen LogP contribution is -2.50. The summed E-state index contributed by atoms with van der Waals surface area (Å²) < 4.78 is 4.77. The summed E-state index contributed by atoms with van der Waals surface area (Å²) in [6.07, 6.45) is -0.470. The van der Waals surface area contributed by atoms with E-state index in [1.807, 2.05) is 0 Å². The average molecular weight is 187 g/mol. The number of amides is 1. The maximum absolute atomic E-state index is 11.2. The fraction of sp³-hybridized carbons (Fsp3) is 0.778. The van der Waals surface area contributed by atoms with Gasteiger partial charge in [-0.05, 0) is 27.7 Å². The molecular formula is C9H17NO3. The first-order valence-electron chi connectivity index (χ1n) is 4.25. The van der Waals surface area contributed by atoms with Gasteiger partial charge in [0.25, 0.3) is 0 Å². The van der Waals surface area contributed by atoms with Crippen LogP contribution in [0.4, 0.5) is 4.79 Å². The molecule has 0 spiro atoms. The van der Waals surface area contributed by atoms with E-state index in [9.17, 15) is 9.59 Å². The Morgan fingerprint density at radius 2 is 1.85 bits per heavy atom. The van der Waals surface area contributed by atoms with Crippen molar-refractivity contribution in [3.05, 3.63) is 0 Å². The zero-order valence-corrected chi connectivity index (χ0v) is 8.88. The summed E-state index contributed by atoms with van der Waals surface area (Å²) in [7, 11) is 1.55. The highest BCUT2D eigenvalue weighted by molar-refractivity contribution is 5.88. The molecule has 0 rings (SSSR count). The Morgan fingerprint density at radius 1 is 1.38 bits per heavy atom. The molecule has 0 fully saturated rings. The van der Waals surface area contributed by atoms with Gasteiger partial charge in [-0.3, -0.25) is 9.69 Å². The smallest absolute Gasteiger partial charge is 0.410 e. The van der Waals surface area contributed by atoms with Gasteiger partial charge in [0, 0.05) is 7.05 Å². The molecule has 4 nitrogen and oxygen atoms in total. The number of hydrogen-bond donors (Lipinski definition) is 0. The molecule has 0 heterocycles. The first-order chi connectivity index (χ1) is 5.84. The van der Waals surface area contributed by atoms with Crippen molar-refractivity contribution in [1.29, 1.82) is 0 Å². The lowest BCUT2D eigenvalue weighted by Gasteiger charge is -2.32. The van der Waals surface area contributed by atoms with Crippen LogP contribution in [0.1, 0.15) is 27.7 Å². The summed E-state index contributed by atoms with van der Waals surface area (Å²) in [5.74, 6) is -0.0666. The minimum Gasteiger partial charge on any atom is -0.450 e. The van der Waals surface area contributed by atoms with Gasteiger partial charge in [-0.25, -0.2) is 4.79 Å². The third-order valence-corrected chi connectivity index (χ3v) is 2.24. The van der Waals surface area contributed by atoms with Gasteiger partial charge >= 0.3 is 6.09 Å². The van der Waals surface area contributed by atoms with E-state index in [1.165, 1.54) is 11.8 Å². The Hall–Kier alpha value is -1.06. The summed E-state index contributed by atoms with van der Waals surface area (Å²) >= 11 is 0. The molecule has 4 heteroatoms. The highest BCUT2D eigenvalue weighted by Gasteiger charge is 2.32. The molecule has 0 aromatic rings. The van der Waals surface area contributed by atoms with E-state index in [1.54, 1.807) is 27.8 Å². The van der Waals surface area contributed by atoms with Gasteiger partial charge in [0.2, 0.25) is 0 Å². The van der Waals surface area contributed by atoms with E-state index < -0.39 is 11.6 Å². The second kappa shape index (κ2) is 4.25. The minimum atomic E-state index is -0.799. The summed E-state index contributed by atoms with van der Waals surface area (Å²) in [5, 5.41) is 0. The van der Waals surface area contributed by atoms with Crippen LogP contribution in [-0.2, 0) is 9.53 Å². The number of carbonyl (C=O) groups excluding carboxylic acids is 2. The van der Waals surface area contributed by atoms with Gasteiger partial charge < -0.3 is 4.74 Å². The quantitative estimate of drug-likeness (QED) is 0.671. The van der Waals surface area contributed by atoms with Crippen LogP contribution in [0.15, 0.2) is 0 Å². The Kier molecular flexibility index (Phi) is 3.91. The second-order valence-electron chi connectivity index (χ2n) is 3.37. The van der Waals surface area contributed by atoms with Crippen molar-refractivity contribution in [2.24, 2.45) is 0 Å². The standard InChI is InChI=1S/C9H17NO3/c1-6-13-8(12)10(5)9(3,4)7(2)11/h6H2,1-5H3. The van der Waals surface area contributed by atoms with Gasteiger partial charge in [0.05, 0.1) is 12.1 Å². The minimum absolute atomic E-state index is 0.0666. The van der Waals surface area contributed by atoms with Crippen LogP contribution < -0.4 is 0 Å². The van der Waals surface area contributed by atoms with Gasteiger partial charge in [-0.15, -0.1) is 0 Å². The highest BCUT2D eigenvalue weighted by Crippen LogP contribution is 2.14. The summed E-state index contributed by atoms with van der Waals surface area (Å²) in [6, 6.07) is 0. The Labute approximate surface area is 78.9 Å². The number of rotatable bonds is 3. The van der Waals surface area contributed by atoms with Gasteiger partial charge in [-0.2, -0.15) is 0 Å². The zero-order valence-electron chi connectivity index (χ0n) is 8.88. The largest absolute Gasteiger partial charge is 0.450 e. The van der Waals surface area contributed by atoms with Crippen molar-refractivity contribution in [3.63, 3.8) is 0 Å². The number of carbonyl (C=O) groups is 2. The number of Topliss-reactive ketones (excluding diaryl/α,β-unsaturated/α-hetero) is 1. The normalized spacial score (nSPS) is 10.8. The molecule has 0 aliphatic carbocycles. The SMILES string of the molecule is CCOC(=O)N(C)C(C)(C)C(C)=O. The molecule has 0 saturated carbocycles. The Balaban J connectivity index is 4.48. The van der Waals surface area contributed by atoms with Crippen LogP contribution in [0, 0.1) is 0 Å². The van der Waals surface area contributed by atoms with Gasteiger partial charge in [0.15, 0.2) is 5.78 Å². The summed E-state index contributed by atoms with van der Waals surface area (Å²) in [6.45, 7) is 6.87. The molecule has 0 atom stereocenters. The summed E-state index contributed by atoms with van der Waals surface area (Å²) in [5.41, 5.74) is -0.799. The predicted octanol–water partition coefficient (Wildman–Crippen LogP) is 1.44. The Bertz CT molecular complexity index is 211. The van der Waals surface area contributed by atoms with Crippen LogP contribution in [-0.4, -0.2) is 36.0 Å². The fourth-order valence-electron chi connectivity index (χ4n) is 0.685. The third kappa shape index (κ3) is 2.72. The molecule has 0 N–H and O–H groups in total. The van der Waals surface area contributed by atoms with Crippen molar-refractivity contribution < 1.29 is 14.3 Å². The molecule has 0 aliphatic heterocycles. The molecule has 0 saturated heterocycles. The molecule has 0 aliphatic rings. The number of likely N-dealkylation sites (N-methyl/N-ethyl adjacent to an activating group) is 1. The molecule has 0 bridgehead atoms. The Morgan fingerprint density at radius 3 is 2.15 bits per heavy atom. The monoisotopic (exact) mass is 187 g/mol. The van der Waals surface area contributed by atoms with Gasteiger partial charge in [-0.1, -0.05) is 0 Å². The van der Waals surface area contributed by atoms with E-state index in [4.69, 9.17) is 4.74 Å². The summed E-state index contributed by atoms with van der Waals surface area (Å²) in [4.78, 5) is 23.7. The van der Waals surface area contributed by atoms with Crippen molar-refractivity contribution >= 4 is 11.9 Å². The van der Waals surface area contributed by atoms with Crippen molar-refractivity contribution in [2.45, 2.75) is 33.2 Å². The average Bonchev–Trinajstić information content (AvgIpc) is 2.03. The number of ether oxygens (including phenoxy) is 1. The van der Waals surface area contributed by atoms with Gasteiger partial charge in [0.1, 0.15) is 0 Å². The zero-order chi connectivity index (χ0) is 10.6. The fourth-order valence-corrected chi connectivity index (χ4v) is 0.685. The topological polar surface area (TPSA) is 46.6 Å². The van der Waals surface area contributed by atoms with Crippen LogP contribution in [0.25, 0.3) is 0 Å². The number of hydrogen-bond acceptors (Lipinski definition) is 3. The lowest BCUT2D eigenvalue weighted by molar-refractivity contribution is -0.125. The van der Waals surface area contributed by atoms with Crippen LogP contribution >= 0.6 is 0 Å². The second-order valence-corrected chi connectivity index (χ2v) is 3.37. The molecule has 13 heavy (non-hydrogen) atoms. The molecule has 0 radical (unpaired) electrons. The van der Waals surface area contributed by atoms with E-state index in [0.717, 1.165) is 0 Å². The maximum Gasteiger partial charge on any atom is 0.410 e. The molecule has 1 amide bonds. The maximum atomic E-state index is 11.2. The van der Waals surface area contributed by atoms with E-state index in [-0.39, 0.29) is 5.78 Å².